The van der Waals surface area contributed by atoms with Crippen LogP contribution in [0, 0.1) is 6.92 Å². The average molecular weight is 439 g/mol. The Balaban J connectivity index is 1.70. The summed E-state index contributed by atoms with van der Waals surface area (Å²) in [6, 6.07) is 13.8. The summed E-state index contributed by atoms with van der Waals surface area (Å²) >= 11 is 0. The van der Waals surface area contributed by atoms with E-state index in [1.807, 2.05) is 56.6 Å². The van der Waals surface area contributed by atoms with Gasteiger partial charge < -0.3 is 19.7 Å². The Morgan fingerprint density at radius 2 is 2.06 bits per heavy atom. The zero-order chi connectivity index (χ0) is 22.0. The summed E-state index contributed by atoms with van der Waals surface area (Å²) in [5, 5.41) is 14.9. The summed E-state index contributed by atoms with van der Waals surface area (Å²) in [5.74, 6) is 0.547. The molecule has 4 rings (SSSR count). The molecule has 6 nitrogen and oxygen atoms in total. The maximum atomic E-state index is 14.3. The molecular weight excluding hydrogens is 409 g/mol. The number of aromatic nitrogens is 1. The van der Waals surface area contributed by atoms with Crippen LogP contribution in [-0.2, 0) is 4.57 Å². The van der Waals surface area contributed by atoms with Gasteiger partial charge in [0.15, 0.2) is 18.8 Å². The van der Waals surface area contributed by atoms with Crippen LogP contribution in [0.15, 0.2) is 48.7 Å². The van der Waals surface area contributed by atoms with E-state index in [4.69, 9.17) is 4.74 Å². The number of nitrogens with zero attached hydrogens (tertiary/aromatic N) is 2. The van der Waals surface area contributed by atoms with Crippen LogP contribution in [0.1, 0.15) is 29.6 Å². The molecule has 164 valence electrons. The number of pyridine rings is 1. The largest absolute Gasteiger partial charge is 0.504 e. The van der Waals surface area contributed by atoms with E-state index in [1.165, 1.54) is 0 Å². The van der Waals surface area contributed by atoms with Crippen molar-refractivity contribution >= 4 is 23.9 Å². The van der Waals surface area contributed by atoms with Crippen LogP contribution in [0.3, 0.4) is 0 Å². The number of hydrogen-bond donors (Lipinski definition) is 2. The number of phenolic OH excluding ortho intramolecular Hbond substituents is 1. The monoisotopic (exact) mass is 439 g/mol. The van der Waals surface area contributed by atoms with Crippen molar-refractivity contribution in [1.82, 2.24) is 9.65 Å². The van der Waals surface area contributed by atoms with Gasteiger partial charge in [0.2, 0.25) is 0 Å². The van der Waals surface area contributed by atoms with Gasteiger partial charge in [-0.05, 0) is 56.1 Å². The van der Waals surface area contributed by atoms with Gasteiger partial charge >= 0.3 is 0 Å². The molecule has 2 aromatic carbocycles. The zero-order valence-corrected chi connectivity index (χ0v) is 19.2. The highest BCUT2D eigenvalue weighted by molar-refractivity contribution is 7.62. The van der Waals surface area contributed by atoms with Gasteiger partial charge in [0, 0.05) is 24.6 Å². The van der Waals surface area contributed by atoms with Gasteiger partial charge in [-0.2, -0.15) is 0 Å². The summed E-state index contributed by atoms with van der Waals surface area (Å²) in [6.07, 6.45) is 4.54. The molecule has 31 heavy (non-hydrogen) atoms. The second kappa shape index (κ2) is 8.89. The maximum absolute atomic E-state index is 14.3. The molecule has 0 bridgehead atoms. The van der Waals surface area contributed by atoms with E-state index < -0.39 is 7.29 Å². The average Bonchev–Trinajstić information content (AvgIpc) is 2.78. The third-order valence-corrected chi connectivity index (χ3v) is 10.0. The lowest BCUT2D eigenvalue weighted by Gasteiger charge is -2.38. The fraction of sp³-hybridized carbons (Fsp3) is 0.375. The van der Waals surface area contributed by atoms with E-state index in [0.29, 0.717) is 18.5 Å². The van der Waals surface area contributed by atoms with E-state index in [-0.39, 0.29) is 11.4 Å². The minimum Gasteiger partial charge on any atom is -0.504 e. The Morgan fingerprint density at radius 3 is 2.84 bits per heavy atom. The Bertz CT molecular complexity index is 1130. The van der Waals surface area contributed by atoms with Crippen LogP contribution >= 0.6 is 7.29 Å². The molecule has 1 aliphatic rings. The Morgan fingerprint density at radius 1 is 1.26 bits per heavy atom. The third kappa shape index (κ3) is 4.28. The smallest absolute Gasteiger partial charge is 0.161 e. The van der Waals surface area contributed by atoms with Crippen molar-refractivity contribution in [3.8, 4) is 11.5 Å². The number of fused-ring (bicyclic) bond motifs is 1. The molecular formula is C24H30N3O3P. The molecule has 1 aliphatic heterocycles. The molecule has 7 heteroatoms. The first kappa shape index (κ1) is 21.7. The van der Waals surface area contributed by atoms with Gasteiger partial charge in [0.25, 0.3) is 0 Å². The molecule has 2 heterocycles. The number of anilines is 1. The molecule has 1 saturated heterocycles. The number of aryl methyl sites for hydroxylation is 1. The summed E-state index contributed by atoms with van der Waals surface area (Å²) in [7, 11) is 0.836. The number of para-hydroxylation sites is 1. The van der Waals surface area contributed by atoms with Crippen molar-refractivity contribution in [2.45, 2.75) is 25.4 Å². The number of aromatic hydroxyl groups is 1. The normalized spacial score (nSPS) is 20.5. The van der Waals surface area contributed by atoms with Crippen molar-refractivity contribution in [1.29, 1.82) is 0 Å². The molecule has 2 atom stereocenters. The molecule has 0 saturated carbocycles. The predicted molar refractivity (Wildman–Crippen MR) is 127 cm³/mol. The molecule has 0 amide bonds. The van der Waals surface area contributed by atoms with E-state index in [2.05, 4.69) is 21.0 Å². The van der Waals surface area contributed by atoms with Crippen LogP contribution in [0.4, 0.5) is 5.69 Å². The van der Waals surface area contributed by atoms with Crippen molar-refractivity contribution < 1.29 is 14.4 Å². The minimum absolute atomic E-state index is 0.131. The van der Waals surface area contributed by atoms with Gasteiger partial charge in [0.1, 0.15) is 0 Å². The molecule has 1 aromatic heterocycles. The summed E-state index contributed by atoms with van der Waals surface area (Å²) in [4.78, 5) is 4.53. The van der Waals surface area contributed by atoms with Crippen molar-refractivity contribution in [3.63, 3.8) is 0 Å². The minimum atomic E-state index is -2.67. The van der Waals surface area contributed by atoms with Gasteiger partial charge in [-0.25, -0.2) is 0 Å². The summed E-state index contributed by atoms with van der Waals surface area (Å²) in [5.41, 5.74) is 3.27. The van der Waals surface area contributed by atoms with Crippen LogP contribution < -0.4 is 10.1 Å². The highest BCUT2D eigenvalue weighted by Crippen LogP contribution is 2.63. The third-order valence-electron chi connectivity index (χ3n) is 6.26. The first-order chi connectivity index (χ1) is 14.9. The number of ether oxygens (including phenoxy) is 1. The first-order valence-corrected chi connectivity index (χ1v) is 12.6. The van der Waals surface area contributed by atoms with E-state index >= 15 is 0 Å². The Kier molecular flexibility index (Phi) is 6.22. The first-order valence-electron chi connectivity index (χ1n) is 10.7. The SMILES string of the molecule is COc1cc(C(CNc2cnc3ccccc3c2)P2(=O)CCCCN2C)cc(C)c1O. The summed E-state index contributed by atoms with van der Waals surface area (Å²) in [6.45, 7) is 3.19. The molecule has 2 N–H and O–H groups in total. The lowest BCUT2D eigenvalue weighted by Crippen LogP contribution is -2.29. The Labute approximate surface area is 183 Å². The molecule has 0 aliphatic carbocycles. The van der Waals surface area contributed by atoms with Crippen LogP contribution in [0.2, 0.25) is 0 Å². The molecule has 0 spiro atoms. The Hall–Kier alpha value is -2.56. The number of hydrogen-bond acceptors (Lipinski definition) is 5. The fourth-order valence-electron chi connectivity index (χ4n) is 4.41. The van der Waals surface area contributed by atoms with Crippen molar-refractivity contribution in [2.75, 3.05) is 38.7 Å². The van der Waals surface area contributed by atoms with E-state index in [0.717, 1.165) is 47.1 Å². The molecule has 2 unspecified atom stereocenters. The topological polar surface area (TPSA) is 74.7 Å². The van der Waals surface area contributed by atoms with Crippen LogP contribution in [0.5, 0.6) is 11.5 Å². The highest BCUT2D eigenvalue weighted by Gasteiger charge is 2.40. The standard InChI is InChI=1S/C24H30N3O3P/c1-17-12-19(14-22(30-3)24(17)28)23(31(29)11-7-6-10-27(31)2)16-25-20-13-18-8-4-5-9-21(18)26-15-20/h4-5,8-9,12-15,23,25,28H,6-7,10-11,16H2,1-3H3. The highest BCUT2D eigenvalue weighted by atomic mass is 31.2. The second-order valence-corrected chi connectivity index (χ2v) is 11.5. The maximum Gasteiger partial charge on any atom is 0.161 e. The van der Waals surface area contributed by atoms with Gasteiger partial charge in [-0.1, -0.05) is 24.3 Å². The van der Waals surface area contributed by atoms with Gasteiger partial charge in [0.05, 0.1) is 30.2 Å². The quantitative estimate of drug-likeness (QED) is 0.500. The van der Waals surface area contributed by atoms with Crippen LogP contribution in [-0.4, -0.2) is 48.2 Å². The summed E-state index contributed by atoms with van der Waals surface area (Å²) < 4.78 is 21.7. The van der Waals surface area contributed by atoms with Gasteiger partial charge in [-0.3, -0.25) is 9.65 Å². The molecule has 3 aromatic rings. The predicted octanol–water partition coefficient (Wildman–Crippen LogP) is 5.41. The lowest BCUT2D eigenvalue weighted by molar-refractivity contribution is 0.371. The van der Waals surface area contributed by atoms with Crippen molar-refractivity contribution in [3.05, 3.63) is 59.8 Å². The zero-order valence-electron chi connectivity index (χ0n) is 18.3. The van der Waals surface area contributed by atoms with Crippen LogP contribution in [0.25, 0.3) is 10.9 Å². The fourth-order valence-corrected chi connectivity index (χ4v) is 7.69. The number of rotatable bonds is 6. The lowest BCUT2D eigenvalue weighted by atomic mass is 10.1. The van der Waals surface area contributed by atoms with Crippen molar-refractivity contribution in [2.24, 2.45) is 0 Å². The number of nitrogens with one attached hydrogen (secondary N) is 1. The van der Waals surface area contributed by atoms with E-state index in [1.54, 1.807) is 7.11 Å². The number of phenols is 1. The number of benzene rings is 2. The number of methoxy groups -OCH3 is 1. The second-order valence-electron chi connectivity index (χ2n) is 8.27. The van der Waals surface area contributed by atoms with Gasteiger partial charge in [-0.15, -0.1) is 0 Å². The molecule has 0 radical (unpaired) electrons. The van der Waals surface area contributed by atoms with E-state index in [9.17, 15) is 9.67 Å². The molecule has 1 fully saturated rings.